The van der Waals surface area contributed by atoms with Gasteiger partial charge in [-0.15, -0.1) is 0 Å². The summed E-state index contributed by atoms with van der Waals surface area (Å²) < 4.78 is 44.2. The molecule has 1 saturated heterocycles. The zero-order valence-corrected chi connectivity index (χ0v) is 10.6. The number of rotatable bonds is 4. The molecule has 2 N–H and O–H groups in total. The number of carbonyl (C=O) groups is 1. The van der Waals surface area contributed by atoms with Crippen LogP contribution in [0.2, 0.25) is 0 Å². The van der Waals surface area contributed by atoms with Gasteiger partial charge in [-0.25, -0.2) is 12.8 Å². The molecule has 8 heteroatoms. The first-order chi connectivity index (χ1) is 8.86. The molecule has 0 amide bonds. The van der Waals surface area contributed by atoms with Gasteiger partial charge < -0.3 is 9.84 Å². The average molecular weight is 289 g/mol. The Labute approximate surface area is 109 Å². The van der Waals surface area contributed by atoms with Crippen LogP contribution in [0.5, 0.6) is 0 Å². The summed E-state index contributed by atoms with van der Waals surface area (Å²) in [5, 5.41) is 9.15. The monoisotopic (exact) mass is 289 g/mol. The summed E-state index contributed by atoms with van der Waals surface area (Å²) in [6, 6.07) is 4.36. The predicted octanol–water partition coefficient (Wildman–Crippen LogP) is 0.348. The molecule has 0 spiro atoms. The molecule has 1 aromatic carbocycles. The number of nitrogens with one attached hydrogen (secondary N) is 1. The summed E-state index contributed by atoms with van der Waals surface area (Å²) >= 11 is 0. The second-order valence-corrected chi connectivity index (χ2v) is 5.94. The minimum atomic E-state index is -4.12. The van der Waals surface area contributed by atoms with E-state index in [0.717, 1.165) is 12.1 Å². The molecule has 19 heavy (non-hydrogen) atoms. The fourth-order valence-electron chi connectivity index (χ4n) is 1.81. The highest BCUT2D eigenvalue weighted by Gasteiger charge is 2.46. The summed E-state index contributed by atoms with van der Waals surface area (Å²) in [6.45, 7) is -0.102. The van der Waals surface area contributed by atoms with E-state index in [9.17, 15) is 17.6 Å². The Bertz CT molecular complexity index is 595. The molecular weight excluding hydrogens is 277 g/mol. The molecule has 6 nitrogen and oxygen atoms in total. The Morgan fingerprint density at radius 1 is 1.47 bits per heavy atom. The van der Waals surface area contributed by atoms with Crippen LogP contribution in [-0.2, 0) is 19.6 Å². The third kappa shape index (κ3) is 2.75. The zero-order chi connectivity index (χ0) is 14.1. The van der Waals surface area contributed by atoms with E-state index in [4.69, 9.17) is 9.84 Å². The van der Waals surface area contributed by atoms with Crippen LogP contribution >= 0.6 is 0 Å². The van der Waals surface area contributed by atoms with Crippen LogP contribution in [0, 0.1) is 5.82 Å². The Morgan fingerprint density at radius 2 is 2.21 bits per heavy atom. The van der Waals surface area contributed by atoms with Gasteiger partial charge >= 0.3 is 5.97 Å². The maximum absolute atomic E-state index is 13.0. The second-order valence-electron chi connectivity index (χ2n) is 4.25. The highest BCUT2D eigenvalue weighted by molar-refractivity contribution is 7.89. The van der Waals surface area contributed by atoms with E-state index in [1.807, 2.05) is 0 Å². The van der Waals surface area contributed by atoms with Gasteiger partial charge in [0, 0.05) is 13.0 Å². The number of aliphatic carboxylic acids is 1. The number of hydrogen-bond donors (Lipinski definition) is 2. The first kappa shape index (κ1) is 13.9. The lowest BCUT2D eigenvalue weighted by molar-refractivity contribution is -0.144. The van der Waals surface area contributed by atoms with Crippen molar-refractivity contribution in [3.8, 4) is 0 Å². The molecule has 1 aromatic rings. The molecular formula is C11H12FNO5S. The quantitative estimate of drug-likeness (QED) is 0.834. The van der Waals surface area contributed by atoms with Crippen molar-refractivity contribution in [2.24, 2.45) is 0 Å². The van der Waals surface area contributed by atoms with E-state index < -0.39 is 27.3 Å². The lowest BCUT2D eigenvalue weighted by Crippen LogP contribution is -2.54. The first-order valence-electron chi connectivity index (χ1n) is 5.46. The number of halogens is 1. The van der Waals surface area contributed by atoms with Crippen molar-refractivity contribution < 1.29 is 27.4 Å². The minimum Gasteiger partial charge on any atom is -0.480 e. The molecule has 2 rings (SSSR count). The molecule has 1 unspecified atom stereocenters. The van der Waals surface area contributed by atoms with Crippen LogP contribution < -0.4 is 4.72 Å². The number of benzene rings is 1. The summed E-state index contributed by atoms with van der Waals surface area (Å²) in [5.41, 5.74) is -1.69. The van der Waals surface area contributed by atoms with E-state index in [1.54, 1.807) is 0 Å². The molecule has 0 radical (unpaired) electrons. The predicted molar refractivity (Wildman–Crippen MR) is 62.5 cm³/mol. The molecule has 0 saturated carbocycles. The number of carboxylic acids is 1. The van der Waals surface area contributed by atoms with Crippen molar-refractivity contribution in [1.29, 1.82) is 0 Å². The fourth-order valence-corrected chi connectivity index (χ4v) is 3.21. The summed E-state index contributed by atoms with van der Waals surface area (Å²) in [6.07, 6.45) is 0.0247. The number of ether oxygens (including phenoxy) is 1. The Morgan fingerprint density at radius 3 is 2.74 bits per heavy atom. The molecule has 1 aliphatic rings. The summed E-state index contributed by atoms with van der Waals surface area (Å²) in [4.78, 5) is 10.9. The molecule has 0 aliphatic carbocycles. The van der Waals surface area contributed by atoms with E-state index in [1.165, 1.54) is 12.1 Å². The van der Waals surface area contributed by atoms with E-state index in [2.05, 4.69) is 4.72 Å². The molecule has 104 valence electrons. The van der Waals surface area contributed by atoms with Crippen molar-refractivity contribution in [1.82, 2.24) is 4.72 Å². The van der Waals surface area contributed by atoms with Gasteiger partial charge in [0.2, 0.25) is 10.0 Å². The Kier molecular flexibility index (Phi) is 3.57. The van der Waals surface area contributed by atoms with Gasteiger partial charge in [0.25, 0.3) is 0 Å². The minimum absolute atomic E-state index is 0.0247. The average Bonchev–Trinajstić information content (AvgIpc) is 2.78. The maximum atomic E-state index is 13.0. The lowest BCUT2D eigenvalue weighted by Gasteiger charge is -2.23. The van der Waals surface area contributed by atoms with E-state index in [-0.39, 0.29) is 24.5 Å². The smallest absolute Gasteiger partial charge is 0.327 e. The van der Waals surface area contributed by atoms with Gasteiger partial charge in [-0.3, -0.25) is 4.79 Å². The van der Waals surface area contributed by atoms with Crippen molar-refractivity contribution in [3.63, 3.8) is 0 Å². The van der Waals surface area contributed by atoms with Crippen molar-refractivity contribution in [3.05, 3.63) is 30.1 Å². The number of carboxylic acid groups (broad SMARTS) is 1. The normalized spacial score (nSPS) is 23.4. The van der Waals surface area contributed by atoms with Crippen molar-refractivity contribution in [2.75, 3.05) is 13.2 Å². The Hall–Kier alpha value is -1.51. The molecule has 0 aromatic heterocycles. The first-order valence-corrected chi connectivity index (χ1v) is 6.95. The SMILES string of the molecule is O=C(O)C1(NS(=O)(=O)c2cccc(F)c2)CCOC1. The van der Waals surface area contributed by atoms with E-state index >= 15 is 0 Å². The fraction of sp³-hybridized carbons (Fsp3) is 0.364. The van der Waals surface area contributed by atoms with Gasteiger partial charge in [-0.2, -0.15) is 4.72 Å². The zero-order valence-electron chi connectivity index (χ0n) is 9.80. The molecule has 1 atom stereocenters. The van der Waals surface area contributed by atoms with Gasteiger partial charge in [-0.1, -0.05) is 6.07 Å². The molecule has 1 heterocycles. The Balaban J connectivity index is 2.33. The van der Waals surface area contributed by atoms with Crippen LogP contribution in [0.15, 0.2) is 29.2 Å². The van der Waals surface area contributed by atoms with E-state index in [0.29, 0.717) is 0 Å². The molecule has 0 bridgehead atoms. The van der Waals surface area contributed by atoms with Crippen LogP contribution in [0.25, 0.3) is 0 Å². The van der Waals surface area contributed by atoms with Crippen LogP contribution in [0.4, 0.5) is 4.39 Å². The van der Waals surface area contributed by atoms with Gasteiger partial charge in [0.15, 0.2) is 5.54 Å². The van der Waals surface area contributed by atoms with Crippen molar-refractivity contribution >= 4 is 16.0 Å². The van der Waals surface area contributed by atoms with Gasteiger partial charge in [0.1, 0.15) is 5.82 Å². The standard InChI is InChI=1S/C11H12FNO5S/c12-8-2-1-3-9(6-8)19(16,17)13-11(10(14)15)4-5-18-7-11/h1-3,6,13H,4-5,7H2,(H,14,15). The third-order valence-electron chi connectivity index (χ3n) is 2.87. The third-order valence-corrected chi connectivity index (χ3v) is 4.40. The largest absolute Gasteiger partial charge is 0.480 e. The summed E-state index contributed by atoms with van der Waals surface area (Å²) in [5.74, 6) is -2.03. The number of sulfonamides is 1. The van der Waals surface area contributed by atoms with Gasteiger partial charge in [0.05, 0.1) is 11.5 Å². The summed E-state index contributed by atoms with van der Waals surface area (Å²) in [7, 11) is -4.12. The highest BCUT2D eigenvalue weighted by Crippen LogP contribution is 2.22. The second kappa shape index (κ2) is 4.87. The van der Waals surface area contributed by atoms with Crippen LogP contribution in [0.1, 0.15) is 6.42 Å². The maximum Gasteiger partial charge on any atom is 0.327 e. The highest BCUT2D eigenvalue weighted by atomic mass is 32.2. The van der Waals surface area contributed by atoms with Gasteiger partial charge in [-0.05, 0) is 18.2 Å². The van der Waals surface area contributed by atoms with Crippen LogP contribution in [0.3, 0.4) is 0 Å². The molecule has 1 fully saturated rings. The lowest BCUT2D eigenvalue weighted by atomic mass is 10.0. The van der Waals surface area contributed by atoms with Crippen molar-refractivity contribution in [2.45, 2.75) is 16.9 Å². The van der Waals surface area contributed by atoms with Crippen LogP contribution in [-0.4, -0.2) is 38.2 Å². The topological polar surface area (TPSA) is 92.7 Å². The molecule has 1 aliphatic heterocycles. The number of hydrogen-bond acceptors (Lipinski definition) is 4.